The van der Waals surface area contributed by atoms with E-state index in [2.05, 4.69) is 38.3 Å². The Bertz CT molecular complexity index is 1320. The van der Waals surface area contributed by atoms with E-state index in [1.165, 1.54) is 0 Å². The molecule has 0 aromatic heterocycles. The fraction of sp³-hybridized carbons (Fsp3) is 0.621. The Morgan fingerprint density at radius 2 is 1.68 bits per heavy atom. The number of fused-ring (bicyclic) bond motifs is 3. The van der Waals surface area contributed by atoms with Gasteiger partial charge in [0.05, 0.1) is 23.5 Å². The number of aromatic hydroxyl groups is 1. The molecule has 1 aromatic rings. The molecular formula is C29H39N3O8. The van der Waals surface area contributed by atoms with E-state index >= 15 is 0 Å². The van der Waals surface area contributed by atoms with Crippen molar-refractivity contribution in [3.8, 4) is 5.75 Å². The molecule has 1 aliphatic heterocycles. The highest BCUT2D eigenvalue weighted by Crippen LogP contribution is 2.55. The minimum atomic E-state index is -2.80. The van der Waals surface area contributed by atoms with Gasteiger partial charge in [-0.1, -0.05) is 13.0 Å². The van der Waals surface area contributed by atoms with Crippen LogP contribution in [0.25, 0.3) is 0 Å². The number of phenols is 1. The maximum absolute atomic E-state index is 13.9. The number of Topliss-reactive ketones (excluding diaryl/α,β-unsaturated/α-hetero) is 2. The van der Waals surface area contributed by atoms with Gasteiger partial charge in [0.2, 0.25) is 5.91 Å². The lowest BCUT2D eigenvalue weighted by Crippen LogP contribution is -2.67. The molecule has 1 amide bonds. The fourth-order valence-electron chi connectivity index (χ4n) is 8.06. The second kappa shape index (κ2) is 9.01. The van der Waals surface area contributed by atoms with Crippen molar-refractivity contribution in [2.45, 2.75) is 94.7 Å². The van der Waals surface area contributed by atoms with E-state index in [9.17, 15) is 39.9 Å². The smallest absolute Gasteiger partial charge is 0.230 e. The van der Waals surface area contributed by atoms with Crippen molar-refractivity contribution in [1.82, 2.24) is 5.32 Å². The summed E-state index contributed by atoms with van der Waals surface area (Å²) in [6, 6.07) is 3.36. The van der Waals surface area contributed by atoms with Crippen LogP contribution in [0.15, 0.2) is 23.5 Å². The van der Waals surface area contributed by atoms with Gasteiger partial charge in [0.1, 0.15) is 17.4 Å². The number of nitrogens with two attached hydrogens (primary N) is 1. The zero-order chi connectivity index (χ0) is 29.7. The van der Waals surface area contributed by atoms with Crippen molar-refractivity contribution in [2.24, 2.45) is 23.5 Å². The molecule has 0 radical (unpaired) electrons. The van der Waals surface area contributed by atoms with Gasteiger partial charge in [-0.05, 0) is 64.5 Å². The molecule has 4 aliphatic rings. The molecule has 11 heteroatoms. The second-order valence-corrected chi connectivity index (χ2v) is 13.4. The lowest BCUT2D eigenvalue weighted by Gasteiger charge is -2.52. The summed E-state index contributed by atoms with van der Waals surface area (Å²) in [6.07, 6.45) is -1.98. The highest BCUT2D eigenvalue weighted by Gasteiger charge is 2.66. The van der Waals surface area contributed by atoms with E-state index in [0.717, 1.165) is 12.8 Å². The Morgan fingerprint density at radius 1 is 1.07 bits per heavy atom. The van der Waals surface area contributed by atoms with Crippen LogP contribution in [0.2, 0.25) is 0 Å². The molecule has 11 nitrogen and oxygen atoms in total. The van der Waals surface area contributed by atoms with Crippen molar-refractivity contribution >= 4 is 23.2 Å². The fourth-order valence-corrected chi connectivity index (χ4v) is 8.06. The molecule has 7 atom stereocenters. The number of hydrogen-bond donors (Lipinski definition) is 8. The van der Waals surface area contributed by atoms with Crippen LogP contribution in [-0.2, 0) is 9.59 Å². The maximum Gasteiger partial charge on any atom is 0.230 e. The van der Waals surface area contributed by atoms with Crippen LogP contribution in [0.5, 0.6) is 5.75 Å². The Labute approximate surface area is 232 Å². The van der Waals surface area contributed by atoms with Crippen LogP contribution in [-0.4, -0.2) is 77.9 Å². The topological polar surface area (TPSA) is 202 Å². The summed E-state index contributed by atoms with van der Waals surface area (Å²) in [5.74, 6) is -9.43. The van der Waals surface area contributed by atoms with Crippen molar-refractivity contribution in [2.75, 3.05) is 5.32 Å². The summed E-state index contributed by atoms with van der Waals surface area (Å²) in [6.45, 7) is 10.1. The second-order valence-electron chi connectivity index (χ2n) is 13.4. The molecule has 1 aromatic carbocycles. The van der Waals surface area contributed by atoms with Crippen molar-refractivity contribution < 1.29 is 39.9 Å². The zero-order valence-corrected chi connectivity index (χ0v) is 23.4. The summed E-state index contributed by atoms with van der Waals surface area (Å²) >= 11 is 0. The highest BCUT2D eigenvalue weighted by atomic mass is 16.4. The predicted octanol–water partition coefficient (Wildman–Crippen LogP) is 0.998. The van der Waals surface area contributed by atoms with E-state index < -0.39 is 76.7 Å². The number of carbonyl (C=O) groups is 3. The highest BCUT2D eigenvalue weighted by molar-refractivity contribution is 6.16. The summed E-state index contributed by atoms with van der Waals surface area (Å²) < 4.78 is 0. The van der Waals surface area contributed by atoms with Crippen LogP contribution in [0.1, 0.15) is 75.7 Å². The Hall–Kier alpha value is -2.99. The molecule has 2 unspecified atom stereocenters. The van der Waals surface area contributed by atoms with Gasteiger partial charge < -0.3 is 41.9 Å². The average Bonchev–Trinajstić information content (AvgIpc) is 2.81. The van der Waals surface area contributed by atoms with Gasteiger partial charge in [-0.2, -0.15) is 0 Å². The Kier molecular flexibility index (Phi) is 6.42. The number of nitrogens with one attached hydrogen (secondary N) is 2. The number of ketones is 2. The number of piperidine rings is 1. The standard InChI is InChI=1S/C29H39N3O8/c1-11-13-6-7-15(31-12-9-27(2,3)32-28(4,5)10-12)22(35)18(13)23(36)20-17(11)21(34)14-8-16(33)19(26(30)39)24(37)29(14,40)25(20)38/h6-7,11-12,14,16-17,19,21,31-35,38,40H,8-10H2,1-5H3,(H2,30,39)/t11-,14+,16?,17+,19?,21+,29+/m0/s1. The third-order valence-corrected chi connectivity index (χ3v) is 9.37. The average molecular weight is 558 g/mol. The predicted molar refractivity (Wildman–Crippen MR) is 145 cm³/mol. The van der Waals surface area contributed by atoms with Gasteiger partial charge in [0, 0.05) is 34.5 Å². The van der Waals surface area contributed by atoms with E-state index in [1.54, 1.807) is 19.1 Å². The summed E-state index contributed by atoms with van der Waals surface area (Å²) in [7, 11) is 0. The number of anilines is 1. The van der Waals surface area contributed by atoms with Crippen LogP contribution in [0.3, 0.4) is 0 Å². The molecule has 0 spiro atoms. The lowest BCUT2D eigenvalue weighted by atomic mass is 9.54. The third-order valence-electron chi connectivity index (χ3n) is 9.37. The van der Waals surface area contributed by atoms with Crippen LogP contribution >= 0.6 is 0 Å². The molecule has 1 saturated carbocycles. The van der Waals surface area contributed by atoms with Crippen molar-refractivity contribution in [3.05, 3.63) is 34.6 Å². The quantitative estimate of drug-likeness (QED) is 0.196. The Morgan fingerprint density at radius 3 is 2.25 bits per heavy atom. The molecule has 2 fully saturated rings. The lowest BCUT2D eigenvalue weighted by molar-refractivity contribution is -0.179. The van der Waals surface area contributed by atoms with E-state index in [1.807, 2.05) is 0 Å². The number of carbonyl (C=O) groups excluding carboxylic acids is 3. The third kappa shape index (κ3) is 4.05. The monoisotopic (exact) mass is 557 g/mol. The summed E-state index contributed by atoms with van der Waals surface area (Å²) in [4.78, 5) is 39.1. The van der Waals surface area contributed by atoms with Crippen LogP contribution in [0.4, 0.5) is 5.69 Å². The number of hydrogen-bond acceptors (Lipinski definition) is 10. The summed E-state index contributed by atoms with van der Waals surface area (Å²) in [5.41, 5.74) is 2.44. The first-order valence-corrected chi connectivity index (χ1v) is 13.7. The first-order chi connectivity index (χ1) is 18.4. The van der Waals surface area contributed by atoms with Crippen LogP contribution in [0, 0.1) is 17.8 Å². The van der Waals surface area contributed by atoms with Crippen LogP contribution < -0.4 is 16.4 Å². The maximum atomic E-state index is 13.9. The molecule has 1 heterocycles. The molecule has 5 rings (SSSR count). The zero-order valence-electron chi connectivity index (χ0n) is 23.4. The van der Waals surface area contributed by atoms with E-state index in [4.69, 9.17) is 5.73 Å². The van der Waals surface area contributed by atoms with Gasteiger partial charge in [0.25, 0.3) is 0 Å². The van der Waals surface area contributed by atoms with Crippen molar-refractivity contribution in [1.29, 1.82) is 0 Å². The van der Waals surface area contributed by atoms with Gasteiger partial charge >= 0.3 is 0 Å². The SMILES string of the molecule is C[C@H]1c2ccc(NC3CC(C)(C)NC(C)(C)C3)c(O)c2C(=O)C2=C(O)[C@]3(O)C(=O)C(C(N)=O)C(O)C[C@@H]3[C@@H](O)[C@@H]21. The largest absolute Gasteiger partial charge is 0.508 e. The molecule has 40 heavy (non-hydrogen) atoms. The number of aliphatic hydroxyl groups is 4. The van der Waals surface area contributed by atoms with E-state index in [-0.39, 0.29) is 28.4 Å². The number of aliphatic hydroxyl groups excluding tert-OH is 3. The Balaban J connectivity index is 1.59. The van der Waals surface area contributed by atoms with Gasteiger partial charge in [-0.25, -0.2) is 0 Å². The number of rotatable bonds is 3. The molecule has 0 bridgehead atoms. The molecule has 3 aliphatic carbocycles. The number of phenolic OH excluding ortho intramolecular Hbond substituents is 1. The van der Waals surface area contributed by atoms with Gasteiger partial charge in [0.15, 0.2) is 17.2 Å². The number of benzene rings is 1. The molecule has 1 saturated heterocycles. The minimum Gasteiger partial charge on any atom is -0.508 e. The normalized spacial score (nSPS) is 36.9. The van der Waals surface area contributed by atoms with E-state index in [0.29, 0.717) is 11.3 Å². The van der Waals surface area contributed by atoms with Crippen molar-refractivity contribution in [3.63, 3.8) is 0 Å². The number of primary amides is 1. The molecule has 218 valence electrons. The van der Waals surface area contributed by atoms with Gasteiger partial charge in [-0.15, -0.1) is 0 Å². The molecule has 9 N–H and O–H groups in total. The number of amides is 1. The first-order valence-electron chi connectivity index (χ1n) is 13.7. The first kappa shape index (κ1) is 28.5. The molecular weight excluding hydrogens is 518 g/mol. The van der Waals surface area contributed by atoms with Gasteiger partial charge in [-0.3, -0.25) is 14.4 Å². The summed E-state index contributed by atoms with van der Waals surface area (Å²) in [5, 5.41) is 63.0. The minimum absolute atomic E-state index is 0.0262.